The molecule has 2 saturated heterocycles. The number of anilines is 1. The molecule has 11 nitrogen and oxygen atoms in total. The number of benzene rings is 2. The van der Waals surface area contributed by atoms with E-state index in [-0.39, 0.29) is 18.2 Å². The molecule has 2 aromatic heterocycles. The Morgan fingerprint density at radius 3 is 2.59 bits per heavy atom. The number of amides is 2. The second-order valence-electron chi connectivity index (χ2n) is 12.1. The van der Waals surface area contributed by atoms with Crippen LogP contribution in [0, 0.1) is 0 Å². The molecule has 2 aromatic carbocycles. The van der Waals surface area contributed by atoms with E-state index in [1.807, 2.05) is 15.9 Å². The Hall–Kier alpha value is -3.96. The number of piperidine rings is 1. The van der Waals surface area contributed by atoms with E-state index in [0.717, 1.165) is 44.3 Å². The van der Waals surface area contributed by atoms with Crippen LogP contribution in [0.1, 0.15) is 80.5 Å². The highest BCUT2D eigenvalue weighted by molar-refractivity contribution is 6.35. The summed E-state index contributed by atoms with van der Waals surface area (Å²) in [5, 5.41) is 5.04. The van der Waals surface area contributed by atoms with E-state index in [4.69, 9.17) is 32.9 Å². The number of ether oxygens (including phenoxy) is 1. The Labute approximate surface area is 277 Å². The first-order valence-electron chi connectivity index (χ1n) is 15.8. The summed E-state index contributed by atoms with van der Waals surface area (Å²) in [5.74, 6) is 1.06. The number of imidazole rings is 1. The number of fused-ring (bicyclic) bond motifs is 2. The van der Waals surface area contributed by atoms with Crippen LogP contribution in [0.15, 0.2) is 36.7 Å². The Kier molecular flexibility index (Phi) is 9.60. The minimum atomic E-state index is -0.499. The number of aromatic nitrogens is 4. The molecule has 0 aliphatic carbocycles. The van der Waals surface area contributed by atoms with E-state index < -0.39 is 11.6 Å². The second kappa shape index (κ2) is 13.8. The number of nitrogens with zero attached hydrogens (tertiary/aromatic N) is 5. The predicted octanol–water partition coefficient (Wildman–Crippen LogP) is 6.32. The molecule has 0 radical (unpaired) electrons. The molecule has 2 N–H and O–H groups in total. The van der Waals surface area contributed by atoms with E-state index in [1.54, 1.807) is 24.3 Å². The molecular formula is C33H37Cl2N7O4. The van der Waals surface area contributed by atoms with E-state index in [0.29, 0.717) is 82.5 Å². The maximum Gasteiger partial charge on any atom is 0.293 e. The molecule has 2 aliphatic rings. The van der Waals surface area contributed by atoms with Gasteiger partial charge >= 0.3 is 0 Å². The van der Waals surface area contributed by atoms with Gasteiger partial charge in [-0.05, 0) is 56.0 Å². The van der Waals surface area contributed by atoms with Crippen molar-refractivity contribution in [3.8, 4) is 0 Å². The summed E-state index contributed by atoms with van der Waals surface area (Å²) in [5.41, 5.74) is 2.02. The number of H-pyrrole nitrogens is 1. The highest BCUT2D eigenvalue weighted by Gasteiger charge is 2.37. The van der Waals surface area contributed by atoms with Crippen LogP contribution in [0.4, 0.5) is 5.82 Å². The largest absolute Gasteiger partial charge is 0.461 e. The number of hydrogen-bond donors (Lipinski definition) is 2. The van der Waals surface area contributed by atoms with Crippen molar-refractivity contribution in [3.05, 3.63) is 58.1 Å². The van der Waals surface area contributed by atoms with Crippen LogP contribution in [-0.4, -0.2) is 79.8 Å². The monoisotopic (exact) mass is 665 g/mol. The molecule has 2 aliphatic heterocycles. The van der Waals surface area contributed by atoms with Crippen LogP contribution in [0.3, 0.4) is 0 Å². The van der Waals surface area contributed by atoms with Gasteiger partial charge in [0.05, 0.1) is 33.2 Å². The molecule has 0 spiro atoms. The second-order valence-corrected chi connectivity index (χ2v) is 13.0. The summed E-state index contributed by atoms with van der Waals surface area (Å²) < 4.78 is 5.50. The average Bonchev–Trinajstić information content (AvgIpc) is 3.74. The van der Waals surface area contributed by atoms with Gasteiger partial charge in [0.25, 0.3) is 12.4 Å². The Morgan fingerprint density at radius 2 is 1.85 bits per heavy atom. The van der Waals surface area contributed by atoms with Gasteiger partial charge in [-0.25, -0.2) is 15.0 Å². The van der Waals surface area contributed by atoms with E-state index in [9.17, 15) is 14.4 Å². The maximum absolute atomic E-state index is 13.5. The number of carbonyl (C=O) groups excluding carboxylic acids is 3. The van der Waals surface area contributed by atoms with Crippen molar-refractivity contribution >= 4 is 69.2 Å². The molecule has 242 valence electrons. The summed E-state index contributed by atoms with van der Waals surface area (Å²) in [6, 6.07) is 8.46. The molecule has 4 aromatic rings. The minimum Gasteiger partial charge on any atom is -0.461 e. The first-order valence-corrected chi connectivity index (χ1v) is 16.6. The zero-order valence-corrected chi connectivity index (χ0v) is 27.2. The molecule has 2 fully saturated rings. The van der Waals surface area contributed by atoms with Crippen molar-refractivity contribution < 1.29 is 19.1 Å². The van der Waals surface area contributed by atoms with E-state index in [1.165, 1.54) is 6.33 Å². The fourth-order valence-electron chi connectivity index (χ4n) is 6.63. The van der Waals surface area contributed by atoms with Gasteiger partial charge in [0, 0.05) is 55.9 Å². The molecule has 13 heteroatoms. The van der Waals surface area contributed by atoms with E-state index >= 15 is 0 Å². The summed E-state index contributed by atoms with van der Waals surface area (Å²) in [4.78, 5) is 58.6. The Morgan fingerprint density at radius 1 is 1.07 bits per heavy atom. The average molecular weight is 667 g/mol. The lowest BCUT2D eigenvalue weighted by molar-refractivity contribution is -0.152. The molecular weight excluding hydrogens is 629 g/mol. The standard InChI is InChI=1S/C33H37Cl2N7O4/c1-2-9-33(46-20-43)10-14-41(15-11-33)29(44)8-7-26(31-38-25-6-5-21(34)16-28(25)40-31)39-30-23-17-24(35)22(18-27(23)36-19-37-30)32(45)42-12-3-4-13-42/h5-6,16-20,26H,2-4,7-15H2,1H3,(H,38,40)(H,36,37,39). The zero-order valence-electron chi connectivity index (χ0n) is 25.7. The molecule has 6 rings (SSSR count). The number of halogens is 2. The SMILES string of the molecule is CCCC1(OC=O)CCN(C(=O)CCC(Nc2ncnc3cc(C(=O)N4CCCC4)c(Cl)cc23)c2nc3cc(Cl)ccc3[nH]2)CC1. The smallest absolute Gasteiger partial charge is 0.293 e. The van der Waals surface area contributed by atoms with Crippen LogP contribution in [0.5, 0.6) is 0 Å². The molecule has 1 atom stereocenters. The van der Waals surface area contributed by atoms with Crippen molar-refractivity contribution in [1.82, 2.24) is 29.7 Å². The molecule has 0 bridgehead atoms. The summed E-state index contributed by atoms with van der Waals surface area (Å²) in [6.07, 6.45) is 6.99. The lowest BCUT2D eigenvalue weighted by Crippen LogP contribution is -2.48. The number of rotatable bonds is 11. The third kappa shape index (κ3) is 6.76. The van der Waals surface area contributed by atoms with Gasteiger partial charge in [-0.2, -0.15) is 0 Å². The summed E-state index contributed by atoms with van der Waals surface area (Å²) >= 11 is 12.9. The van der Waals surface area contributed by atoms with Gasteiger partial charge in [-0.1, -0.05) is 36.5 Å². The number of nitrogens with one attached hydrogen (secondary N) is 2. The lowest BCUT2D eigenvalue weighted by atomic mass is 9.86. The van der Waals surface area contributed by atoms with Crippen LogP contribution in [-0.2, 0) is 14.3 Å². The third-order valence-corrected chi connectivity index (χ3v) is 9.68. The van der Waals surface area contributed by atoms with Crippen molar-refractivity contribution in [1.29, 1.82) is 0 Å². The third-order valence-electron chi connectivity index (χ3n) is 9.13. The van der Waals surface area contributed by atoms with Gasteiger partial charge in [-0.3, -0.25) is 14.4 Å². The highest BCUT2D eigenvalue weighted by Crippen LogP contribution is 2.34. The fourth-order valence-corrected chi connectivity index (χ4v) is 7.04. The first kappa shape index (κ1) is 32.0. The predicted molar refractivity (Wildman–Crippen MR) is 177 cm³/mol. The van der Waals surface area contributed by atoms with Crippen molar-refractivity contribution in [2.75, 3.05) is 31.5 Å². The highest BCUT2D eigenvalue weighted by atomic mass is 35.5. The Bertz CT molecular complexity index is 1750. The molecule has 4 heterocycles. The number of likely N-dealkylation sites (tertiary alicyclic amines) is 2. The molecule has 46 heavy (non-hydrogen) atoms. The fraction of sp³-hybridized carbons (Fsp3) is 0.455. The lowest BCUT2D eigenvalue weighted by Gasteiger charge is -2.40. The number of aromatic amines is 1. The van der Waals surface area contributed by atoms with Crippen molar-refractivity contribution in [3.63, 3.8) is 0 Å². The quantitative estimate of drug-likeness (QED) is 0.178. The van der Waals surface area contributed by atoms with Crippen molar-refractivity contribution in [2.24, 2.45) is 0 Å². The van der Waals surface area contributed by atoms with E-state index in [2.05, 4.69) is 27.2 Å². The molecule has 1 unspecified atom stereocenters. The summed E-state index contributed by atoms with van der Waals surface area (Å²) in [6.45, 7) is 5.09. The Balaban J connectivity index is 1.24. The first-order chi connectivity index (χ1) is 22.3. The topological polar surface area (TPSA) is 133 Å². The van der Waals surface area contributed by atoms with Gasteiger partial charge < -0.3 is 24.8 Å². The van der Waals surface area contributed by atoms with Gasteiger partial charge in [0.15, 0.2) is 0 Å². The summed E-state index contributed by atoms with van der Waals surface area (Å²) in [7, 11) is 0. The van der Waals surface area contributed by atoms with Gasteiger partial charge in [-0.15, -0.1) is 0 Å². The van der Waals surface area contributed by atoms with Crippen LogP contribution in [0.2, 0.25) is 10.0 Å². The van der Waals surface area contributed by atoms with Crippen LogP contribution < -0.4 is 5.32 Å². The van der Waals surface area contributed by atoms with Crippen LogP contribution in [0.25, 0.3) is 21.9 Å². The molecule has 0 saturated carbocycles. The minimum absolute atomic E-state index is 0.0165. The van der Waals surface area contributed by atoms with Gasteiger partial charge in [0.1, 0.15) is 23.6 Å². The number of hydrogen-bond acceptors (Lipinski definition) is 8. The van der Waals surface area contributed by atoms with Crippen molar-refractivity contribution in [2.45, 2.75) is 69.9 Å². The van der Waals surface area contributed by atoms with Crippen LogP contribution >= 0.6 is 23.2 Å². The van der Waals surface area contributed by atoms with Gasteiger partial charge in [0.2, 0.25) is 5.91 Å². The number of carbonyl (C=O) groups is 3. The zero-order chi connectivity index (χ0) is 32.3. The normalized spacial score (nSPS) is 16.9. The maximum atomic E-state index is 13.5. The molecule has 2 amide bonds.